The molecule has 20 heavy (non-hydrogen) atoms. The Morgan fingerprint density at radius 3 is 2.45 bits per heavy atom. The van der Waals surface area contributed by atoms with E-state index in [1.807, 2.05) is 24.3 Å². The van der Waals surface area contributed by atoms with Gasteiger partial charge in [0.25, 0.3) is 0 Å². The Hall–Kier alpha value is -1.75. The van der Waals surface area contributed by atoms with Crippen LogP contribution in [0.15, 0.2) is 24.3 Å². The molecule has 1 atom stereocenters. The minimum absolute atomic E-state index is 0.200. The van der Waals surface area contributed by atoms with Gasteiger partial charge in [-0.25, -0.2) is 4.79 Å². The van der Waals surface area contributed by atoms with Crippen LogP contribution in [0.3, 0.4) is 0 Å². The highest BCUT2D eigenvalue weighted by molar-refractivity contribution is 5.89. The number of carbonyl (C=O) groups is 1. The van der Waals surface area contributed by atoms with Crippen molar-refractivity contribution in [1.82, 2.24) is 10.2 Å². The number of rotatable bonds is 4. The first kappa shape index (κ1) is 14.7. The Morgan fingerprint density at radius 2 is 1.90 bits per heavy atom. The van der Waals surface area contributed by atoms with E-state index in [0.717, 1.165) is 24.5 Å². The number of anilines is 2. The number of nitrogens with zero attached hydrogens (tertiary/aromatic N) is 1. The van der Waals surface area contributed by atoms with Crippen LogP contribution in [0.5, 0.6) is 0 Å². The topological polar surface area (TPSA) is 56.4 Å². The Labute approximate surface area is 120 Å². The second kappa shape index (κ2) is 6.61. The van der Waals surface area contributed by atoms with Gasteiger partial charge in [-0.15, -0.1) is 0 Å². The van der Waals surface area contributed by atoms with Crippen molar-refractivity contribution in [3.8, 4) is 0 Å². The summed E-state index contributed by atoms with van der Waals surface area (Å²) in [4.78, 5) is 13.7. The predicted octanol–water partition coefficient (Wildman–Crippen LogP) is 2.33. The van der Waals surface area contributed by atoms with Crippen LogP contribution in [0.25, 0.3) is 0 Å². The molecule has 1 aromatic rings. The van der Waals surface area contributed by atoms with E-state index < -0.39 is 0 Å². The smallest absolute Gasteiger partial charge is 0.318 e. The number of benzene rings is 1. The second-order valence-electron chi connectivity index (χ2n) is 5.50. The average molecular weight is 276 g/mol. The minimum atomic E-state index is -0.200. The van der Waals surface area contributed by atoms with Crippen molar-refractivity contribution in [2.45, 2.75) is 32.4 Å². The van der Waals surface area contributed by atoms with Gasteiger partial charge in [0.2, 0.25) is 0 Å². The zero-order valence-corrected chi connectivity index (χ0v) is 12.4. The molecule has 5 nitrogen and oxygen atoms in total. The first-order chi connectivity index (χ1) is 9.58. The maximum atomic E-state index is 11.2. The summed E-state index contributed by atoms with van der Waals surface area (Å²) < 4.78 is 0. The fourth-order valence-electron chi connectivity index (χ4n) is 2.45. The molecular weight excluding hydrogens is 252 g/mol. The Balaban J connectivity index is 1.87. The van der Waals surface area contributed by atoms with E-state index >= 15 is 0 Å². The fourth-order valence-corrected chi connectivity index (χ4v) is 2.45. The quantitative estimate of drug-likeness (QED) is 0.791. The van der Waals surface area contributed by atoms with Crippen molar-refractivity contribution in [2.75, 3.05) is 30.8 Å². The number of amides is 2. The van der Waals surface area contributed by atoms with Crippen molar-refractivity contribution in [3.05, 3.63) is 24.3 Å². The van der Waals surface area contributed by atoms with E-state index in [1.54, 1.807) is 7.05 Å². The lowest BCUT2D eigenvalue weighted by Gasteiger charge is -2.21. The van der Waals surface area contributed by atoms with Crippen LogP contribution < -0.4 is 16.0 Å². The van der Waals surface area contributed by atoms with Crippen molar-refractivity contribution in [1.29, 1.82) is 0 Å². The van der Waals surface area contributed by atoms with Gasteiger partial charge in [-0.3, -0.25) is 4.90 Å². The Morgan fingerprint density at radius 1 is 1.25 bits per heavy atom. The van der Waals surface area contributed by atoms with Crippen molar-refractivity contribution in [3.63, 3.8) is 0 Å². The normalized spacial score (nSPS) is 19.1. The van der Waals surface area contributed by atoms with Crippen LogP contribution in [0.1, 0.15) is 20.3 Å². The molecule has 110 valence electrons. The third-order valence-electron chi connectivity index (χ3n) is 3.69. The second-order valence-corrected chi connectivity index (χ2v) is 5.50. The third-order valence-corrected chi connectivity index (χ3v) is 3.69. The van der Waals surface area contributed by atoms with Crippen LogP contribution in [0.4, 0.5) is 16.2 Å². The molecule has 1 aliphatic rings. The molecule has 0 saturated carbocycles. The molecule has 5 heteroatoms. The summed E-state index contributed by atoms with van der Waals surface area (Å²) in [5.41, 5.74) is 1.90. The first-order valence-corrected chi connectivity index (χ1v) is 7.18. The van der Waals surface area contributed by atoms with E-state index in [4.69, 9.17) is 0 Å². The summed E-state index contributed by atoms with van der Waals surface area (Å²) in [6.45, 7) is 6.73. The molecule has 1 saturated heterocycles. The molecular formula is C15H24N4O. The SMILES string of the molecule is CNC(=O)Nc1ccc(NC2CCN(C(C)C)C2)cc1. The van der Waals surface area contributed by atoms with E-state index in [9.17, 15) is 4.79 Å². The van der Waals surface area contributed by atoms with Gasteiger partial charge in [0.15, 0.2) is 0 Å². The number of likely N-dealkylation sites (tertiary alicyclic amines) is 1. The van der Waals surface area contributed by atoms with Crippen LogP contribution in [-0.4, -0.2) is 43.2 Å². The van der Waals surface area contributed by atoms with Gasteiger partial charge in [-0.05, 0) is 44.5 Å². The predicted molar refractivity (Wildman–Crippen MR) is 83.3 cm³/mol. The molecule has 1 unspecified atom stereocenters. The maximum Gasteiger partial charge on any atom is 0.318 e. The van der Waals surface area contributed by atoms with E-state index in [-0.39, 0.29) is 6.03 Å². The number of hydrogen-bond donors (Lipinski definition) is 3. The van der Waals surface area contributed by atoms with Gasteiger partial charge in [0.1, 0.15) is 0 Å². The molecule has 2 amide bonds. The van der Waals surface area contributed by atoms with Crippen LogP contribution in [-0.2, 0) is 0 Å². The summed E-state index contributed by atoms with van der Waals surface area (Å²) in [5, 5.41) is 8.83. The minimum Gasteiger partial charge on any atom is -0.381 e. The molecule has 0 radical (unpaired) electrons. The van der Waals surface area contributed by atoms with Crippen LogP contribution in [0.2, 0.25) is 0 Å². The molecule has 0 aliphatic carbocycles. The van der Waals surface area contributed by atoms with Gasteiger partial charge in [-0.2, -0.15) is 0 Å². The highest BCUT2D eigenvalue weighted by Gasteiger charge is 2.23. The molecule has 1 fully saturated rings. The maximum absolute atomic E-state index is 11.2. The summed E-state index contributed by atoms with van der Waals surface area (Å²) in [6.07, 6.45) is 1.18. The Bertz CT molecular complexity index is 444. The number of hydrogen-bond acceptors (Lipinski definition) is 3. The van der Waals surface area contributed by atoms with Gasteiger partial charge in [-0.1, -0.05) is 0 Å². The fraction of sp³-hybridized carbons (Fsp3) is 0.533. The lowest BCUT2D eigenvalue weighted by Crippen LogP contribution is -2.31. The van der Waals surface area contributed by atoms with Gasteiger partial charge in [0, 0.05) is 43.6 Å². The molecule has 1 aromatic carbocycles. The van der Waals surface area contributed by atoms with Gasteiger partial charge < -0.3 is 16.0 Å². The third kappa shape index (κ3) is 3.87. The zero-order chi connectivity index (χ0) is 14.5. The Kier molecular flexibility index (Phi) is 4.84. The largest absolute Gasteiger partial charge is 0.381 e. The van der Waals surface area contributed by atoms with Crippen LogP contribution in [0, 0.1) is 0 Å². The van der Waals surface area contributed by atoms with E-state index in [2.05, 4.69) is 34.7 Å². The average Bonchev–Trinajstić information content (AvgIpc) is 2.89. The molecule has 0 aromatic heterocycles. The standard InChI is InChI=1S/C15H24N4O/c1-11(2)19-9-8-14(10-19)17-12-4-6-13(7-5-12)18-15(20)16-3/h4-7,11,14,17H,8-10H2,1-3H3,(H2,16,18,20). The lowest BCUT2D eigenvalue weighted by atomic mass is 10.2. The lowest BCUT2D eigenvalue weighted by molar-refractivity contribution is 0.254. The van der Waals surface area contributed by atoms with Gasteiger partial charge in [0.05, 0.1) is 0 Å². The molecule has 1 aliphatic heterocycles. The molecule has 2 rings (SSSR count). The first-order valence-electron chi connectivity index (χ1n) is 7.18. The summed E-state index contributed by atoms with van der Waals surface area (Å²) in [7, 11) is 1.60. The van der Waals surface area contributed by atoms with E-state index in [0.29, 0.717) is 12.1 Å². The zero-order valence-electron chi connectivity index (χ0n) is 12.4. The monoisotopic (exact) mass is 276 g/mol. The summed E-state index contributed by atoms with van der Waals surface area (Å²) >= 11 is 0. The van der Waals surface area contributed by atoms with Gasteiger partial charge >= 0.3 is 6.03 Å². The molecule has 0 spiro atoms. The number of urea groups is 1. The summed E-state index contributed by atoms with van der Waals surface area (Å²) in [5.74, 6) is 0. The molecule has 0 bridgehead atoms. The van der Waals surface area contributed by atoms with Crippen molar-refractivity contribution >= 4 is 17.4 Å². The number of nitrogens with one attached hydrogen (secondary N) is 3. The van der Waals surface area contributed by atoms with E-state index in [1.165, 1.54) is 6.42 Å². The number of carbonyl (C=O) groups excluding carboxylic acids is 1. The highest BCUT2D eigenvalue weighted by atomic mass is 16.2. The van der Waals surface area contributed by atoms with Crippen LogP contribution >= 0.6 is 0 Å². The summed E-state index contributed by atoms with van der Waals surface area (Å²) in [6, 6.07) is 8.75. The molecule has 1 heterocycles. The highest BCUT2D eigenvalue weighted by Crippen LogP contribution is 2.19. The van der Waals surface area contributed by atoms with Crippen molar-refractivity contribution < 1.29 is 4.79 Å². The van der Waals surface area contributed by atoms with Crippen molar-refractivity contribution in [2.24, 2.45) is 0 Å². The molecule has 3 N–H and O–H groups in total.